The highest BCUT2D eigenvalue weighted by Gasteiger charge is 2.03. The maximum absolute atomic E-state index is 10.1. The van der Waals surface area contributed by atoms with Gasteiger partial charge in [-0.25, -0.2) is 0 Å². The Balaban J connectivity index is 3.40. The number of carboxylic acids is 1. The van der Waals surface area contributed by atoms with Crippen LogP contribution in [0.1, 0.15) is 6.42 Å². The van der Waals surface area contributed by atoms with Gasteiger partial charge in [0.25, 0.3) is 0 Å². The Morgan fingerprint density at radius 3 is 2.25 bits per heavy atom. The summed E-state index contributed by atoms with van der Waals surface area (Å²) in [6.45, 7) is 0.744. The highest BCUT2D eigenvalue weighted by molar-refractivity contribution is 5.99. The third-order valence-electron chi connectivity index (χ3n) is 0.511. The third-order valence-corrected chi connectivity index (χ3v) is 0.511. The van der Waals surface area contributed by atoms with Gasteiger partial charge in [0, 0.05) is 0 Å². The van der Waals surface area contributed by atoms with Crippen LogP contribution in [0.25, 0.3) is 0 Å². The smallest absolute Gasteiger partial charge is 0.310 e. The van der Waals surface area contributed by atoms with Crippen molar-refractivity contribution in [1.82, 2.24) is 0 Å². The van der Waals surface area contributed by atoms with Crippen molar-refractivity contribution in [3.63, 3.8) is 0 Å². The summed E-state index contributed by atoms with van der Waals surface area (Å²) < 4.78 is 0. The summed E-state index contributed by atoms with van der Waals surface area (Å²) in [5.41, 5.74) is 4.68. The van der Waals surface area contributed by atoms with Gasteiger partial charge in [0.1, 0.15) is 6.42 Å². The molecule has 0 bridgehead atoms. The van der Waals surface area contributed by atoms with Crippen LogP contribution in [-0.2, 0) is 9.59 Å². The topological polar surface area (TPSA) is 80.4 Å². The molecule has 4 nitrogen and oxygen atoms in total. The lowest BCUT2D eigenvalue weighted by molar-refractivity contribution is -0.139. The zero-order chi connectivity index (χ0) is 6.57. The van der Waals surface area contributed by atoms with E-state index < -0.39 is 18.2 Å². The van der Waals surface area contributed by atoms with Crippen molar-refractivity contribution in [2.24, 2.45) is 5.73 Å². The van der Waals surface area contributed by atoms with Crippen LogP contribution in [0.4, 0.5) is 0 Å². The fourth-order valence-electron chi connectivity index (χ4n) is 0.208. The minimum atomic E-state index is -1.16. The normalized spacial score (nSPS) is 8.62. The first-order valence-electron chi connectivity index (χ1n) is 1.96. The molecular formula is C4H6NO3. The van der Waals surface area contributed by atoms with Crippen LogP contribution in [0.3, 0.4) is 0 Å². The SMILES string of the molecule is N[CH]C(=O)CC(=O)O. The first-order valence-corrected chi connectivity index (χ1v) is 1.96. The van der Waals surface area contributed by atoms with Crippen LogP contribution in [0.15, 0.2) is 0 Å². The van der Waals surface area contributed by atoms with E-state index in [1.165, 1.54) is 0 Å². The van der Waals surface area contributed by atoms with E-state index >= 15 is 0 Å². The largest absolute Gasteiger partial charge is 0.481 e. The second-order valence-corrected chi connectivity index (χ2v) is 1.20. The van der Waals surface area contributed by atoms with Crippen LogP contribution in [0.2, 0.25) is 0 Å². The van der Waals surface area contributed by atoms with E-state index in [9.17, 15) is 9.59 Å². The average Bonchev–Trinajstić information content (AvgIpc) is 1.65. The molecule has 0 amide bonds. The number of rotatable bonds is 3. The van der Waals surface area contributed by atoms with Crippen LogP contribution >= 0.6 is 0 Å². The second kappa shape index (κ2) is 3.15. The van der Waals surface area contributed by atoms with Gasteiger partial charge in [-0.1, -0.05) is 0 Å². The summed E-state index contributed by atoms with van der Waals surface area (Å²) in [6, 6.07) is 0. The third kappa shape index (κ3) is 3.30. The monoisotopic (exact) mass is 116 g/mol. The zero-order valence-electron chi connectivity index (χ0n) is 4.13. The van der Waals surface area contributed by atoms with Crippen molar-refractivity contribution in [1.29, 1.82) is 0 Å². The van der Waals surface area contributed by atoms with Gasteiger partial charge < -0.3 is 10.8 Å². The van der Waals surface area contributed by atoms with Gasteiger partial charge in [-0.15, -0.1) is 0 Å². The van der Waals surface area contributed by atoms with E-state index in [-0.39, 0.29) is 0 Å². The number of nitrogens with two attached hydrogens (primary N) is 1. The summed E-state index contributed by atoms with van der Waals surface area (Å²) in [6.07, 6.45) is -0.517. The Morgan fingerprint density at radius 2 is 2.12 bits per heavy atom. The van der Waals surface area contributed by atoms with Crippen molar-refractivity contribution in [2.45, 2.75) is 6.42 Å². The van der Waals surface area contributed by atoms with E-state index in [0.717, 1.165) is 6.54 Å². The van der Waals surface area contributed by atoms with Crippen molar-refractivity contribution in [3.05, 3.63) is 6.54 Å². The summed E-state index contributed by atoms with van der Waals surface area (Å²) in [5.74, 6) is -1.73. The van der Waals surface area contributed by atoms with E-state index in [2.05, 4.69) is 5.73 Å². The predicted molar refractivity (Wildman–Crippen MR) is 25.7 cm³/mol. The molecule has 1 radical (unpaired) electrons. The molecule has 0 aromatic carbocycles. The average molecular weight is 116 g/mol. The second-order valence-electron chi connectivity index (χ2n) is 1.20. The molecule has 0 aromatic rings. The van der Waals surface area contributed by atoms with E-state index in [1.54, 1.807) is 0 Å². The number of carbonyl (C=O) groups is 2. The zero-order valence-corrected chi connectivity index (χ0v) is 4.13. The van der Waals surface area contributed by atoms with E-state index in [0.29, 0.717) is 0 Å². The highest BCUT2D eigenvalue weighted by atomic mass is 16.4. The molecule has 0 aliphatic heterocycles. The van der Waals surface area contributed by atoms with Crippen molar-refractivity contribution in [3.8, 4) is 0 Å². The fourth-order valence-corrected chi connectivity index (χ4v) is 0.208. The number of aliphatic carboxylic acids is 1. The maximum atomic E-state index is 10.1. The first-order chi connectivity index (χ1) is 3.66. The van der Waals surface area contributed by atoms with Crippen LogP contribution in [0, 0.1) is 6.54 Å². The molecular weight excluding hydrogens is 110 g/mol. The van der Waals surface area contributed by atoms with Gasteiger partial charge in [0.05, 0.1) is 6.54 Å². The van der Waals surface area contributed by atoms with Crippen molar-refractivity contribution < 1.29 is 14.7 Å². The van der Waals surface area contributed by atoms with E-state index in [1.807, 2.05) is 0 Å². The molecule has 4 heteroatoms. The van der Waals surface area contributed by atoms with Gasteiger partial charge in [-0.05, 0) is 0 Å². The van der Waals surface area contributed by atoms with Gasteiger partial charge in [0.2, 0.25) is 0 Å². The molecule has 0 unspecified atom stereocenters. The Bertz CT molecular complexity index is 110. The molecule has 0 atom stereocenters. The van der Waals surface area contributed by atoms with Crippen LogP contribution < -0.4 is 5.73 Å². The Hall–Kier alpha value is -0.900. The molecule has 45 valence electrons. The summed E-state index contributed by atoms with van der Waals surface area (Å²) in [4.78, 5) is 19.7. The molecule has 3 N–H and O–H groups in total. The molecule has 0 saturated heterocycles. The van der Waals surface area contributed by atoms with Gasteiger partial charge in [-0.3, -0.25) is 9.59 Å². The standard InChI is InChI=1S/C4H6NO3/c5-2-3(6)1-4(7)8/h2H,1,5H2,(H,7,8). The molecule has 0 fully saturated rings. The van der Waals surface area contributed by atoms with Crippen LogP contribution in [0.5, 0.6) is 0 Å². The Labute approximate surface area is 46.3 Å². The quantitative estimate of drug-likeness (QED) is 0.470. The van der Waals surface area contributed by atoms with Gasteiger partial charge in [0.15, 0.2) is 5.78 Å². The first kappa shape index (κ1) is 7.10. The lowest BCUT2D eigenvalue weighted by Crippen LogP contribution is -2.11. The Morgan fingerprint density at radius 1 is 1.62 bits per heavy atom. The number of ketones is 1. The molecule has 0 aliphatic rings. The number of carboxylic acid groups (broad SMARTS) is 1. The molecule has 0 aliphatic carbocycles. The van der Waals surface area contributed by atoms with Gasteiger partial charge >= 0.3 is 5.97 Å². The number of hydrogen-bond acceptors (Lipinski definition) is 3. The van der Waals surface area contributed by atoms with Crippen molar-refractivity contribution >= 4 is 11.8 Å². The molecule has 8 heavy (non-hydrogen) atoms. The molecule has 0 heterocycles. The minimum Gasteiger partial charge on any atom is -0.481 e. The number of Topliss-reactive ketones (excluding diaryl/α,β-unsaturated/α-hetero) is 1. The number of carbonyl (C=O) groups excluding carboxylic acids is 1. The van der Waals surface area contributed by atoms with Crippen molar-refractivity contribution in [2.75, 3.05) is 0 Å². The lowest BCUT2D eigenvalue weighted by atomic mass is 10.3. The van der Waals surface area contributed by atoms with Gasteiger partial charge in [-0.2, -0.15) is 0 Å². The molecule has 0 aromatic heterocycles. The fraction of sp³-hybridized carbons (Fsp3) is 0.250. The maximum Gasteiger partial charge on any atom is 0.310 e. The number of hydrogen-bond donors (Lipinski definition) is 2. The predicted octanol–water partition coefficient (Wildman–Crippen LogP) is -0.849. The highest BCUT2D eigenvalue weighted by Crippen LogP contribution is 1.81. The summed E-state index contributed by atoms with van der Waals surface area (Å²) in [7, 11) is 0. The molecule has 0 spiro atoms. The summed E-state index contributed by atoms with van der Waals surface area (Å²) in [5, 5.41) is 7.92. The minimum absolute atomic E-state index is 0.517. The van der Waals surface area contributed by atoms with Crippen LogP contribution in [-0.4, -0.2) is 16.9 Å². The summed E-state index contributed by atoms with van der Waals surface area (Å²) >= 11 is 0. The van der Waals surface area contributed by atoms with E-state index in [4.69, 9.17) is 5.11 Å². The Kier molecular flexibility index (Phi) is 2.79. The molecule has 0 saturated carbocycles. The lowest BCUT2D eigenvalue weighted by Gasteiger charge is -1.86. The molecule has 0 rings (SSSR count).